The zero-order valence-corrected chi connectivity index (χ0v) is 25.5. The molecule has 1 fully saturated rings. The highest BCUT2D eigenvalue weighted by Gasteiger charge is 2.29. The van der Waals surface area contributed by atoms with Crippen LogP contribution in [0.5, 0.6) is 5.75 Å². The maximum atomic E-state index is 13.4. The third-order valence-electron chi connectivity index (χ3n) is 7.01. The molecular formula is C30H37BrN2O5S. The van der Waals surface area contributed by atoms with E-state index in [0.29, 0.717) is 56.2 Å². The second-order valence-electron chi connectivity index (χ2n) is 10.9. The highest BCUT2D eigenvalue weighted by Crippen LogP contribution is 2.26. The maximum Gasteiger partial charge on any atom is 0.243 e. The summed E-state index contributed by atoms with van der Waals surface area (Å²) in [5, 5.41) is 0. The molecule has 7 nitrogen and oxygen atoms in total. The number of halogens is 1. The summed E-state index contributed by atoms with van der Waals surface area (Å²) in [6.07, 6.45) is 2.70. The summed E-state index contributed by atoms with van der Waals surface area (Å²) in [5.41, 5.74) is 2.86. The minimum absolute atomic E-state index is 0.0777. The zero-order chi connectivity index (χ0) is 28.2. The van der Waals surface area contributed by atoms with Gasteiger partial charge in [-0.2, -0.15) is 4.31 Å². The third kappa shape index (κ3) is 7.39. The van der Waals surface area contributed by atoms with Crippen LogP contribution < -0.4 is 10.2 Å². The van der Waals surface area contributed by atoms with E-state index in [2.05, 4.69) is 53.7 Å². The van der Waals surface area contributed by atoms with E-state index in [1.165, 1.54) is 17.9 Å². The van der Waals surface area contributed by atoms with Gasteiger partial charge in [0.05, 0.1) is 11.4 Å². The van der Waals surface area contributed by atoms with Gasteiger partial charge in [-0.1, -0.05) is 67.9 Å². The highest BCUT2D eigenvalue weighted by molar-refractivity contribution is 9.10. The molecule has 2 aromatic carbocycles. The number of hydrogen-bond donors (Lipinski definition) is 0. The second kappa shape index (κ2) is 12.4. The largest absolute Gasteiger partial charge is 0.482 e. The van der Waals surface area contributed by atoms with Crippen molar-refractivity contribution in [1.82, 2.24) is 9.21 Å². The molecule has 0 amide bonds. The van der Waals surface area contributed by atoms with E-state index in [0.717, 1.165) is 15.6 Å². The van der Waals surface area contributed by atoms with Crippen molar-refractivity contribution in [2.75, 3.05) is 26.2 Å². The van der Waals surface area contributed by atoms with E-state index in [1.807, 2.05) is 25.1 Å². The summed E-state index contributed by atoms with van der Waals surface area (Å²) >= 11 is 3.43. The van der Waals surface area contributed by atoms with E-state index < -0.39 is 10.0 Å². The molecule has 0 radical (unpaired) electrons. The molecule has 1 aliphatic heterocycles. The molecule has 210 valence electrons. The topological polar surface area (TPSA) is 80.1 Å². The van der Waals surface area contributed by atoms with Crippen molar-refractivity contribution in [2.24, 2.45) is 0 Å². The molecule has 1 saturated heterocycles. The number of aryl methyl sites for hydroxylation is 1. The summed E-state index contributed by atoms with van der Waals surface area (Å²) in [6, 6.07) is 15.0. The van der Waals surface area contributed by atoms with Crippen molar-refractivity contribution in [2.45, 2.75) is 64.0 Å². The first-order chi connectivity index (χ1) is 18.5. The van der Waals surface area contributed by atoms with Crippen LogP contribution in [0.1, 0.15) is 56.6 Å². The first-order valence-electron chi connectivity index (χ1n) is 13.3. The normalized spacial score (nSPS) is 15.7. The molecule has 3 aromatic rings. The first kappa shape index (κ1) is 29.5. The van der Waals surface area contributed by atoms with Crippen LogP contribution >= 0.6 is 15.9 Å². The highest BCUT2D eigenvalue weighted by atomic mass is 79.9. The molecule has 39 heavy (non-hydrogen) atoms. The van der Waals surface area contributed by atoms with E-state index in [9.17, 15) is 13.2 Å². The molecule has 4 rings (SSSR count). The minimum Gasteiger partial charge on any atom is -0.482 e. The van der Waals surface area contributed by atoms with Crippen LogP contribution in [0.3, 0.4) is 0 Å². The van der Waals surface area contributed by atoms with Crippen LogP contribution in [-0.2, 0) is 35.0 Å². The van der Waals surface area contributed by atoms with Gasteiger partial charge < -0.3 is 9.15 Å². The lowest BCUT2D eigenvalue weighted by Gasteiger charge is -2.22. The van der Waals surface area contributed by atoms with Crippen molar-refractivity contribution in [1.29, 1.82) is 0 Å². The maximum absolute atomic E-state index is 13.4. The van der Waals surface area contributed by atoms with Crippen molar-refractivity contribution < 1.29 is 17.6 Å². The summed E-state index contributed by atoms with van der Waals surface area (Å²) in [6.45, 7) is 11.2. The Balaban J connectivity index is 1.35. The molecule has 9 heteroatoms. The van der Waals surface area contributed by atoms with Gasteiger partial charge in [0.1, 0.15) is 18.6 Å². The predicted octanol–water partition coefficient (Wildman–Crippen LogP) is 5.74. The summed E-state index contributed by atoms with van der Waals surface area (Å²) in [5.74, 6) is 0.701. The predicted molar refractivity (Wildman–Crippen MR) is 157 cm³/mol. The molecule has 1 aliphatic rings. The van der Waals surface area contributed by atoms with E-state index in [-0.39, 0.29) is 23.2 Å². The number of hydrogen-bond acceptors (Lipinski definition) is 6. The van der Waals surface area contributed by atoms with Gasteiger partial charge in [-0.05, 0) is 59.7 Å². The van der Waals surface area contributed by atoms with Gasteiger partial charge in [0.2, 0.25) is 21.2 Å². The molecular weight excluding hydrogens is 580 g/mol. The number of benzene rings is 2. The molecule has 0 saturated carbocycles. The number of sulfonamides is 1. The quantitative estimate of drug-likeness (QED) is 0.321. The summed E-state index contributed by atoms with van der Waals surface area (Å²) < 4.78 is 40.8. The Hall–Kier alpha value is -2.46. The molecule has 0 unspecified atom stereocenters. The van der Waals surface area contributed by atoms with Gasteiger partial charge in [0.15, 0.2) is 0 Å². The Morgan fingerprint density at radius 1 is 1.00 bits per heavy atom. The molecule has 0 atom stereocenters. The fourth-order valence-electron chi connectivity index (χ4n) is 4.67. The number of rotatable bonds is 8. The SMILES string of the molecule is CCc1cc(Br)ccc1S(=O)(=O)N1CCCN(Cc2cc(=O)c(OCc3ccc(C(C)(C)C)cc3)co2)CC1. The lowest BCUT2D eigenvalue weighted by atomic mass is 9.87. The van der Waals surface area contributed by atoms with Gasteiger partial charge in [-0.3, -0.25) is 9.69 Å². The van der Waals surface area contributed by atoms with E-state index >= 15 is 0 Å². The van der Waals surface area contributed by atoms with Gasteiger partial charge in [0, 0.05) is 30.2 Å². The molecule has 0 aliphatic carbocycles. The second-order valence-corrected chi connectivity index (χ2v) is 13.8. The van der Waals surface area contributed by atoms with Gasteiger partial charge in [-0.25, -0.2) is 8.42 Å². The van der Waals surface area contributed by atoms with Crippen LogP contribution in [0.4, 0.5) is 0 Å². The Morgan fingerprint density at radius 2 is 1.74 bits per heavy atom. The Bertz CT molecular complexity index is 1450. The van der Waals surface area contributed by atoms with Gasteiger partial charge in [0.25, 0.3) is 0 Å². The Kier molecular flexibility index (Phi) is 9.37. The average molecular weight is 618 g/mol. The molecule has 2 heterocycles. The summed E-state index contributed by atoms with van der Waals surface area (Å²) in [4.78, 5) is 15.2. The van der Waals surface area contributed by atoms with Crippen molar-refractivity contribution in [3.63, 3.8) is 0 Å². The minimum atomic E-state index is -3.60. The van der Waals surface area contributed by atoms with Crippen molar-refractivity contribution >= 4 is 26.0 Å². The van der Waals surface area contributed by atoms with E-state index in [1.54, 1.807) is 16.4 Å². The first-order valence-corrected chi connectivity index (χ1v) is 15.6. The smallest absolute Gasteiger partial charge is 0.243 e. The van der Waals surface area contributed by atoms with Crippen LogP contribution in [0.15, 0.2) is 73.4 Å². The van der Waals surface area contributed by atoms with Crippen molar-refractivity contribution in [3.05, 3.63) is 91.9 Å². The van der Waals surface area contributed by atoms with E-state index in [4.69, 9.17) is 9.15 Å². The number of ether oxygens (including phenoxy) is 1. The van der Waals surface area contributed by atoms with Gasteiger partial charge in [-0.15, -0.1) is 0 Å². The lowest BCUT2D eigenvalue weighted by Crippen LogP contribution is -2.35. The molecule has 0 N–H and O–H groups in total. The van der Waals surface area contributed by atoms with Crippen LogP contribution in [0, 0.1) is 0 Å². The molecule has 0 bridgehead atoms. The van der Waals surface area contributed by atoms with Crippen LogP contribution in [0.25, 0.3) is 0 Å². The van der Waals surface area contributed by atoms with Crippen molar-refractivity contribution in [3.8, 4) is 5.75 Å². The lowest BCUT2D eigenvalue weighted by molar-refractivity contribution is 0.245. The Labute approximate surface area is 240 Å². The third-order valence-corrected chi connectivity index (χ3v) is 9.51. The monoisotopic (exact) mass is 616 g/mol. The molecule has 1 aromatic heterocycles. The average Bonchev–Trinajstić information content (AvgIpc) is 3.14. The Morgan fingerprint density at radius 3 is 2.41 bits per heavy atom. The fourth-order valence-corrected chi connectivity index (χ4v) is 6.82. The standard InChI is InChI=1S/C30H37BrN2O5S/c1-5-23-17-25(31)11-12-29(23)39(35,36)33-14-6-13-32(15-16-33)19-26-18-27(34)28(21-37-26)38-20-22-7-9-24(10-8-22)30(2,3)4/h7-12,17-18,21H,5-6,13-16,19-20H2,1-4H3. The van der Waals surface area contributed by atoms with Gasteiger partial charge >= 0.3 is 0 Å². The van der Waals surface area contributed by atoms with Crippen LogP contribution in [0.2, 0.25) is 0 Å². The zero-order valence-electron chi connectivity index (χ0n) is 23.1. The fraction of sp³-hybridized carbons (Fsp3) is 0.433. The van der Waals surface area contributed by atoms with Crippen LogP contribution in [-0.4, -0.2) is 43.8 Å². The summed E-state index contributed by atoms with van der Waals surface area (Å²) in [7, 11) is -3.60. The molecule has 0 spiro atoms. The number of nitrogens with zero attached hydrogens (tertiary/aromatic N) is 2.